The van der Waals surface area contributed by atoms with Gasteiger partial charge in [-0.2, -0.15) is 0 Å². The first-order valence-electron chi connectivity index (χ1n) is 7.15. The first-order chi connectivity index (χ1) is 11.4. The highest BCUT2D eigenvalue weighted by Crippen LogP contribution is 2.34. The lowest BCUT2D eigenvalue weighted by Gasteiger charge is -2.11. The molecule has 1 aromatic carbocycles. The quantitative estimate of drug-likeness (QED) is 0.297. The second-order valence-corrected chi connectivity index (χ2v) is 4.85. The highest BCUT2D eigenvalue weighted by Gasteiger charge is 2.20. The standard InChI is InChI=1S/C15H19NO8/c1-22-12-7-10(11(16(20)21)8-13(12)23-2)9-24-15(19)6-4-3-5-14(17)18/h7-8H,3-6,9H2,1-2H3,(H,17,18). The number of carboxylic acid groups (broad SMARTS) is 1. The minimum atomic E-state index is -0.927. The lowest BCUT2D eigenvalue weighted by Crippen LogP contribution is -2.07. The highest BCUT2D eigenvalue weighted by atomic mass is 16.6. The number of hydrogen-bond donors (Lipinski definition) is 1. The van der Waals surface area contributed by atoms with E-state index in [1.807, 2.05) is 0 Å². The van der Waals surface area contributed by atoms with Gasteiger partial charge in [-0.25, -0.2) is 0 Å². The fraction of sp³-hybridized carbons (Fsp3) is 0.467. The molecular weight excluding hydrogens is 322 g/mol. The van der Waals surface area contributed by atoms with Crippen molar-refractivity contribution in [2.24, 2.45) is 0 Å². The van der Waals surface area contributed by atoms with E-state index in [9.17, 15) is 19.7 Å². The summed E-state index contributed by atoms with van der Waals surface area (Å²) in [6.45, 7) is -0.283. The van der Waals surface area contributed by atoms with Crippen LogP contribution in [-0.4, -0.2) is 36.2 Å². The van der Waals surface area contributed by atoms with Crippen LogP contribution in [0.2, 0.25) is 0 Å². The van der Waals surface area contributed by atoms with E-state index < -0.39 is 16.9 Å². The van der Waals surface area contributed by atoms with E-state index in [0.29, 0.717) is 12.8 Å². The Bertz CT molecular complexity index is 614. The van der Waals surface area contributed by atoms with Crippen LogP contribution in [0.4, 0.5) is 5.69 Å². The van der Waals surface area contributed by atoms with E-state index in [4.69, 9.17) is 19.3 Å². The number of nitro groups is 1. The van der Waals surface area contributed by atoms with Crippen molar-refractivity contribution >= 4 is 17.6 Å². The molecule has 0 unspecified atom stereocenters. The number of nitrogens with zero attached hydrogens (tertiary/aromatic N) is 1. The maximum absolute atomic E-state index is 11.6. The number of rotatable bonds is 10. The smallest absolute Gasteiger partial charge is 0.306 e. The van der Waals surface area contributed by atoms with Crippen molar-refractivity contribution in [2.45, 2.75) is 32.3 Å². The Balaban J connectivity index is 2.70. The number of esters is 1. The monoisotopic (exact) mass is 341 g/mol. The van der Waals surface area contributed by atoms with Crippen LogP contribution >= 0.6 is 0 Å². The fourth-order valence-corrected chi connectivity index (χ4v) is 1.97. The average Bonchev–Trinajstić information content (AvgIpc) is 2.55. The van der Waals surface area contributed by atoms with E-state index in [0.717, 1.165) is 0 Å². The molecule has 0 heterocycles. The van der Waals surface area contributed by atoms with Crippen molar-refractivity contribution in [3.8, 4) is 11.5 Å². The lowest BCUT2D eigenvalue weighted by molar-refractivity contribution is -0.385. The number of unbranched alkanes of at least 4 members (excludes halogenated alkanes) is 1. The van der Waals surface area contributed by atoms with Gasteiger partial charge in [0.25, 0.3) is 5.69 Å². The normalized spacial score (nSPS) is 10.1. The van der Waals surface area contributed by atoms with Crippen LogP contribution in [0, 0.1) is 10.1 Å². The number of carbonyl (C=O) groups is 2. The molecule has 1 aromatic rings. The van der Waals surface area contributed by atoms with Gasteiger partial charge >= 0.3 is 11.9 Å². The minimum absolute atomic E-state index is 0.0194. The van der Waals surface area contributed by atoms with Gasteiger partial charge in [-0.1, -0.05) is 0 Å². The largest absolute Gasteiger partial charge is 0.493 e. The van der Waals surface area contributed by atoms with E-state index in [-0.39, 0.29) is 42.2 Å². The van der Waals surface area contributed by atoms with Gasteiger partial charge in [0.15, 0.2) is 11.5 Å². The number of benzene rings is 1. The molecule has 0 aliphatic heterocycles. The molecule has 0 fully saturated rings. The van der Waals surface area contributed by atoms with Crippen molar-refractivity contribution in [2.75, 3.05) is 14.2 Å². The SMILES string of the molecule is COc1cc(COC(=O)CCCCC(=O)O)c([N+](=O)[O-])cc1OC. The summed E-state index contributed by atoms with van der Waals surface area (Å²) >= 11 is 0. The van der Waals surface area contributed by atoms with Crippen LogP contribution in [0.3, 0.4) is 0 Å². The topological polar surface area (TPSA) is 125 Å². The van der Waals surface area contributed by atoms with E-state index in [1.165, 1.54) is 26.4 Å². The molecule has 0 bridgehead atoms. The Morgan fingerprint density at radius 3 is 2.25 bits per heavy atom. The molecule has 1 N–H and O–H groups in total. The number of carboxylic acids is 1. The minimum Gasteiger partial charge on any atom is -0.493 e. The van der Waals surface area contributed by atoms with Crippen molar-refractivity contribution in [3.63, 3.8) is 0 Å². The molecule has 9 heteroatoms. The molecule has 0 radical (unpaired) electrons. The van der Waals surface area contributed by atoms with Crippen LogP contribution in [0.15, 0.2) is 12.1 Å². The van der Waals surface area contributed by atoms with Gasteiger partial charge in [0.05, 0.1) is 30.8 Å². The van der Waals surface area contributed by atoms with Crippen LogP contribution in [-0.2, 0) is 20.9 Å². The van der Waals surface area contributed by atoms with Gasteiger partial charge in [-0.05, 0) is 18.9 Å². The fourth-order valence-electron chi connectivity index (χ4n) is 1.97. The molecule has 1 rings (SSSR count). The predicted molar refractivity (Wildman–Crippen MR) is 82.1 cm³/mol. The van der Waals surface area contributed by atoms with Gasteiger partial charge in [-0.15, -0.1) is 0 Å². The molecule has 0 spiro atoms. The van der Waals surface area contributed by atoms with Crippen molar-refractivity contribution in [3.05, 3.63) is 27.8 Å². The number of methoxy groups -OCH3 is 2. The van der Waals surface area contributed by atoms with Crippen LogP contribution in [0.25, 0.3) is 0 Å². The molecule has 0 saturated carbocycles. The summed E-state index contributed by atoms with van der Waals surface area (Å²) in [5.41, 5.74) is -0.0668. The first kappa shape index (κ1) is 19.2. The Hall–Kier alpha value is -2.84. The molecule has 9 nitrogen and oxygen atoms in total. The van der Waals surface area contributed by atoms with E-state index in [1.54, 1.807) is 0 Å². The third kappa shape index (κ3) is 5.75. The number of nitro benzene ring substituents is 1. The summed E-state index contributed by atoms with van der Waals surface area (Å²) in [7, 11) is 2.75. The third-order valence-electron chi connectivity index (χ3n) is 3.19. The van der Waals surface area contributed by atoms with E-state index >= 15 is 0 Å². The Morgan fingerprint density at radius 2 is 1.71 bits per heavy atom. The van der Waals surface area contributed by atoms with Gasteiger partial charge < -0.3 is 19.3 Å². The summed E-state index contributed by atoms with van der Waals surface area (Å²) < 4.78 is 15.1. The molecular formula is C15H19NO8. The summed E-state index contributed by atoms with van der Waals surface area (Å²) in [4.78, 5) is 32.5. The summed E-state index contributed by atoms with van der Waals surface area (Å²) in [5, 5.41) is 19.6. The van der Waals surface area contributed by atoms with Gasteiger partial charge in [0.1, 0.15) is 6.61 Å². The zero-order valence-electron chi connectivity index (χ0n) is 13.4. The molecule has 0 aliphatic carbocycles. The van der Waals surface area contributed by atoms with E-state index in [2.05, 4.69) is 0 Å². The Labute approximate surface area is 138 Å². The van der Waals surface area contributed by atoms with Gasteiger partial charge in [0.2, 0.25) is 0 Å². The molecule has 0 atom stereocenters. The average molecular weight is 341 g/mol. The third-order valence-corrected chi connectivity index (χ3v) is 3.19. The number of carbonyl (C=O) groups excluding carboxylic acids is 1. The Morgan fingerprint density at radius 1 is 1.12 bits per heavy atom. The summed E-state index contributed by atoms with van der Waals surface area (Å²) in [5.74, 6) is -0.989. The molecule has 24 heavy (non-hydrogen) atoms. The second-order valence-electron chi connectivity index (χ2n) is 4.85. The van der Waals surface area contributed by atoms with Crippen LogP contribution < -0.4 is 9.47 Å². The first-order valence-corrected chi connectivity index (χ1v) is 7.15. The highest BCUT2D eigenvalue weighted by molar-refractivity contribution is 5.70. The van der Waals surface area contributed by atoms with Gasteiger partial charge in [-0.3, -0.25) is 19.7 Å². The summed E-state index contributed by atoms with van der Waals surface area (Å²) in [6, 6.07) is 2.59. The van der Waals surface area contributed by atoms with Crippen molar-refractivity contribution in [1.82, 2.24) is 0 Å². The number of ether oxygens (including phenoxy) is 3. The molecule has 0 saturated heterocycles. The predicted octanol–water partition coefficient (Wildman–Crippen LogP) is 2.30. The zero-order valence-corrected chi connectivity index (χ0v) is 13.4. The van der Waals surface area contributed by atoms with Crippen molar-refractivity contribution < 1.29 is 33.8 Å². The maximum atomic E-state index is 11.6. The number of aliphatic carboxylic acids is 1. The zero-order chi connectivity index (χ0) is 18.1. The maximum Gasteiger partial charge on any atom is 0.306 e. The number of hydrogen-bond acceptors (Lipinski definition) is 7. The van der Waals surface area contributed by atoms with Crippen molar-refractivity contribution in [1.29, 1.82) is 0 Å². The Kier molecular flexibility index (Phi) is 7.47. The second kappa shape index (κ2) is 9.33. The molecule has 0 aromatic heterocycles. The van der Waals surface area contributed by atoms with Crippen LogP contribution in [0.1, 0.15) is 31.2 Å². The van der Waals surface area contributed by atoms with Crippen LogP contribution in [0.5, 0.6) is 11.5 Å². The molecule has 132 valence electrons. The summed E-state index contributed by atoms with van der Waals surface area (Å²) in [6.07, 6.45) is 0.767. The molecule has 0 amide bonds. The van der Waals surface area contributed by atoms with Gasteiger partial charge in [0, 0.05) is 12.8 Å². The molecule has 0 aliphatic rings. The lowest BCUT2D eigenvalue weighted by atomic mass is 10.1.